The molecule has 0 radical (unpaired) electrons. The molecule has 2 aromatic carbocycles. The lowest BCUT2D eigenvalue weighted by atomic mass is 10.0. The quantitative estimate of drug-likeness (QED) is 0.393. The van der Waals surface area contributed by atoms with E-state index in [1.165, 1.54) is 5.56 Å². The molecule has 0 aliphatic carbocycles. The van der Waals surface area contributed by atoms with E-state index in [2.05, 4.69) is 58.9 Å². The predicted molar refractivity (Wildman–Crippen MR) is 119 cm³/mol. The minimum atomic E-state index is 0.392. The number of hydrogen-bond acceptors (Lipinski definition) is 3. The molecule has 3 aromatic rings. The van der Waals surface area contributed by atoms with Crippen molar-refractivity contribution in [1.82, 2.24) is 9.97 Å². The molecule has 0 bridgehead atoms. The van der Waals surface area contributed by atoms with Crippen LogP contribution in [-0.4, -0.2) is 21.8 Å². The second kappa shape index (κ2) is 8.85. The zero-order valence-corrected chi connectivity index (χ0v) is 18.1. The van der Waals surface area contributed by atoms with Gasteiger partial charge in [-0.3, -0.25) is 0 Å². The maximum absolute atomic E-state index is 6.40. The Morgan fingerprint density at radius 2 is 1.78 bits per heavy atom. The summed E-state index contributed by atoms with van der Waals surface area (Å²) < 4.78 is 0. The number of benzene rings is 2. The minimum absolute atomic E-state index is 0.392. The molecular weight excluding hydrogens is 422 g/mol. The van der Waals surface area contributed by atoms with Gasteiger partial charge in [-0.25, -0.2) is 9.97 Å². The number of para-hydroxylation sites is 1. The minimum Gasteiger partial charge on any atom is -0.311 e. The molecule has 3 rings (SSSR count). The summed E-state index contributed by atoms with van der Waals surface area (Å²) in [7, 11) is 0. The van der Waals surface area contributed by atoms with E-state index in [1.807, 2.05) is 37.3 Å². The lowest BCUT2D eigenvalue weighted by Gasteiger charge is -2.26. The normalized spacial score (nSPS) is 12.0. The van der Waals surface area contributed by atoms with Crippen molar-refractivity contribution in [3.63, 3.8) is 0 Å². The van der Waals surface area contributed by atoms with Gasteiger partial charge < -0.3 is 4.90 Å². The molecule has 140 valence electrons. The molecule has 0 aliphatic heterocycles. The lowest BCUT2D eigenvalue weighted by Crippen LogP contribution is -2.21. The first-order valence-corrected chi connectivity index (χ1v) is 10.6. The van der Waals surface area contributed by atoms with Crippen LogP contribution in [0.1, 0.15) is 31.0 Å². The van der Waals surface area contributed by atoms with Crippen LogP contribution in [-0.2, 0) is 0 Å². The molecular formula is C22H23BrClN3. The third-order valence-corrected chi connectivity index (χ3v) is 5.84. The molecule has 0 fully saturated rings. The van der Waals surface area contributed by atoms with E-state index in [0.29, 0.717) is 16.9 Å². The fraction of sp³-hybridized carbons (Fsp3) is 0.273. The van der Waals surface area contributed by atoms with Gasteiger partial charge in [0.1, 0.15) is 0 Å². The van der Waals surface area contributed by atoms with Crippen LogP contribution in [0.5, 0.6) is 0 Å². The molecule has 0 N–H and O–H groups in total. The smallest absolute Gasteiger partial charge is 0.230 e. The highest BCUT2D eigenvalue weighted by molar-refractivity contribution is 9.09. The topological polar surface area (TPSA) is 29.0 Å². The molecule has 5 heteroatoms. The van der Waals surface area contributed by atoms with Crippen molar-refractivity contribution in [3.8, 4) is 11.3 Å². The number of aromatic nitrogens is 2. The van der Waals surface area contributed by atoms with Crippen molar-refractivity contribution in [2.24, 2.45) is 0 Å². The fourth-order valence-corrected chi connectivity index (χ4v) is 3.71. The van der Waals surface area contributed by atoms with E-state index in [4.69, 9.17) is 21.6 Å². The van der Waals surface area contributed by atoms with Gasteiger partial charge in [-0.2, -0.15) is 0 Å². The van der Waals surface area contributed by atoms with Crippen LogP contribution in [0.4, 0.5) is 11.6 Å². The van der Waals surface area contributed by atoms with Gasteiger partial charge in [0.05, 0.1) is 5.69 Å². The highest BCUT2D eigenvalue weighted by Crippen LogP contribution is 2.34. The van der Waals surface area contributed by atoms with E-state index in [0.717, 1.165) is 34.5 Å². The zero-order chi connectivity index (χ0) is 19.4. The van der Waals surface area contributed by atoms with Crippen LogP contribution in [0.25, 0.3) is 11.3 Å². The first-order chi connectivity index (χ1) is 13.0. The number of halogens is 2. The van der Waals surface area contributed by atoms with E-state index in [1.54, 1.807) is 0 Å². The number of anilines is 2. The molecule has 1 heterocycles. The Morgan fingerprint density at radius 3 is 2.48 bits per heavy atom. The van der Waals surface area contributed by atoms with Crippen molar-refractivity contribution in [2.75, 3.05) is 16.8 Å². The molecule has 0 spiro atoms. The van der Waals surface area contributed by atoms with Gasteiger partial charge in [0.25, 0.3) is 0 Å². The molecule has 27 heavy (non-hydrogen) atoms. The van der Waals surface area contributed by atoms with Crippen molar-refractivity contribution in [3.05, 3.63) is 70.9 Å². The maximum Gasteiger partial charge on any atom is 0.230 e. The van der Waals surface area contributed by atoms with E-state index >= 15 is 0 Å². The lowest BCUT2D eigenvalue weighted by molar-refractivity contribution is 0.861. The Hall–Kier alpha value is -1.91. The van der Waals surface area contributed by atoms with Crippen molar-refractivity contribution in [2.45, 2.75) is 26.7 Å². The van der Waals surface area contributed by atoms with Crippen LogP contribution in [0.2, 0.25) is 5.02 Å². The zero-order valence-electron chi connectivity index (χ0n) is 15.8. The number of hydrogen-bond donors (Lipinski definition) is 0. The molecule has 1 unspecified atom stereocenters. The molecule has 0 saturated heterocycles. The van der Waals surface area contributed by atoms with Gasteiger partial charge in [-0.05, 0) is 43.5 Å². The Bertz CT molecular complexity index is 929. The van der Waals surface area contributed by atoms with Crippen molar-refractivity contribution in [1.29, 1.82) is 0 Å². The first-order valence-electron chi connectivity index (χ1n) is 9.08. The third-order valence-electron chi connectivity index (χ3n) is 4.54. The average molecular weight is 445 g/mol. The number of rotatable bonds is 6. The number of alkyl halides is 1. The summed E-state index contributed by atoms with van der Waals surface area (Å²) in [5.41, 5.74) is 5.10. The molecule has 1 aromatic heterocycles. The Labute approximate surface area is 174 Å². The first kappa shape index (κ1) is 19.8. The Balaban J connectivity index is 2.11. The van der Waals surface area contributed by atoms with Crippen LogP contribution < -0.4 is 4.90 Å². The number of aryl methyl sites for hydroxylation is 1. The fourth-order valence-electron chi connectivity index (χ4n) is 3.13. The van der Waals surface area contributed by atoms with Crippen molar-refractivity contribution < 1.29 is 0 Å². The SMILES string of the molecule is CCN(c1nc(C)cc(-c2ccccc2Cl)n1)c1ccccc1C(C)CBr. The van der Waals surface area contributed by atoms with Gasteiger partial charge in [0.15, 0.2) is 0 Å². The highest BCUT2D eigenvalue weighted by atomic mass is 79.9. The van der Waals surface area contributed by atoms with Gasteiger partial charge in [-0.1, -0.05) is 70.9 Å². The third kappa shape index (κ3) is 4.33. The molecule has 0 amide bonds. The van der Waals surface area contributed by atoms with Crippen LogP contribution in [0.3, 0.4) is 0 Å². The monoisotopic (exact) mass is 443 g/mol. The van der Waals surface area contributed by atoms with Gasteiger partial charge in [0, 0.05) is 33.8 Å². The summed E-state index contributed by atoms with van der Waals surface area (Å²) in [5.74, 6) is 1.09. The maximum atomic E-state index is 6.40. The molecule has 0 saturated carbocycles. The average Bonchev–Trinajstić information content (AvgIpc) is 2.68. The van der Waals surface area contributed by atoms with E-state index in [9.17, 15) is 0 Å². The summed E-state index contributed by atoms with van der Waals surface area (Å²) in [6.07, 6.45) is 0. The number of nitrogens with zero attached hydrogens (tertiary/aromatic N) is 3. The summed E-state index contributed by atoms with van der Waals surface area (Å²) in [5, 5.41) is 1.60. The van der Waals surface area contributed by atoms with Gasteiger partial charge in [0.2, 0.25) is 5.95 Å². The second-order valence-electron chi connectivity index (χ2n) is 6.53. The van der Waals surface area contributed by atoms with Crippen molar-refractivity contribution >= 4 is 39.2 Å². The summed E-state index contributed by atoms with van der Waals surface area (Å²) >= 11 is 10.0. The molecule has 1 atom stereocenters. The van der Waals surface area contributed by atoms with Crippen LogP contribution in [0, 0.1) is 6.92 Å². The van der Waals surface area contributed by atoms with E-state index in [-0.39, 0.29) is 0 Å². The Morgan fingerprint density at radius 1 is 1.07 bits per heavy atom. The van der Waals surface area contributed by atoms with Crippen LogP contribution >= 0.6 is 27.5 Å². The second-order valence-corrected chi connectivity index (χ2v) is 7.59. The highest BCUT2D eigenvalue weighted by Gasteiger charge is 2.18. The Kier molecular flexibility index (Phi) is 6.51. The van der Waals surface area contributed by atoms with Gasteiger partial charge in [-0.15, -0.1) is 0 Å². The molecule has 3 nitrogen and oxygen atoms in total. The van der Waals surface area contributed by atoms with E-state index < -0.39 is 0 Å². The van der Waals surface area contributed by atoms with Crippen LogP contribution in [0.15, 0.2) is 54.6 Å². The largest absolute Gasteiger partial charge is 0.311 e. The standard InChI is InChI=1S/C22H23BrClN3/c1-4-27(21-12-8-6-9-17(21)15(2)14-23)22-25-16(3)13-20(26-22)18-10-5-7-11-19(18)24/h5-13,15H,4,14H2,1-3H3. The van der Waals surface area contributed by atoms with Gasteiger partial charge >= 0.3 is 0 Å². The predicted octanol–water partition coefficient (Wildman–Crippen LogP) is 6.76. The summed E-state index contributed by atoms with van der Waals surface area (Å²) in [6, 6.07) is 18.2. The summed E-state index contributed by atoms with van der Waals surface area (Å²) in [4.78, 5) is 11.7. The molecule has 0 aliphatic rings. The summed E-state index contributed by atoms with van der Waals surface area (Å²) in [6.45, 7) is 7.11.